The largest absolute Gasteiger partial charge is 0.507 e. The third-order valence-electron chi connectivity index (χ3n) is 5.53. The Balaban J connectivity index is 1.63. The Morgan fingerprint density at radius 3 is 2.80 bits per heavy atom. The van der Waals surface area contributed by atoms with Gasteiger partial charge >= 0.3 is 0 Å². The normalized spacial score (nSPS) is 19.5. The van der Waals surface area contributed by atoms with E-state index in [1.165, 1.54) is 0 Å². The minimum absolute atomic E-state index is 0.0118. The fourth-order valence-corrected chi connectivity index (χ4v) is 4.14. The topological polar surface area (TPSA) is 67.2 Å². The van der Waals surface area contributed by atoms with Crippen LogP contribution in [-0.2, 0) is 0 Å². The number of hydrogen-bond acceptors (Lipinski definition) is 6. The van der Waals surface area contributed by atoms with E-state index in [2.05, 4.69) is 11.1 Å². The van der Waals surface area contributed by atoms with E-state index in [0.717, 1.165) is 39.5 Å². The average Bonchev–Trinajstić information content (AvgIpc) is 3.21. The number of benzene rings is 2. The van der Waals surface area contributed by atoms with Crippen LogP contribution in [0.4, 0.5) is 0 Å². The van der Waals surface area contributed by atoms with E-state index >= 15 is 0 Å². The molecular formula is C24H23N3O3. The monoisotopic (exact) mass is 401 g/mol. The van der Waals surface area contributed by atoms with Gasteiger partial charge in [-0.3, -0.25) is 4.98 Å². The SMILES string of the molecule is CCOc1cccc2c1O[C@@H](c1ccncc1)N1N=C(c3cc(C)ccc3O)C[C@@H]21. The van der Waals surface area contributed by atoms with Crippen molar-refractivity contribution in [2.75, 3.05) is 6.61 Å². The summed E-state index contributed by atoms with van der Waals surface area (Å²) in [5.41, 5.74) is 4.69. The summed E-state index contributed by atoms with van der Waals surface area (Å²) in [5.74, 6) is 1.73. The van der Waals surface area contributed by atoms with Gasteiger partial charge in [0.05, 0.1) is 18.4 Å². The molecule has 1 aromatic heterocycles. The highest BCUT2D eigenvalue weighted by Crippen LogP contribution is 2.51. The maximum Gasteiger partial charge on any atom is 0.214 e. The molecular weight excluding hydrogens is 378 g/mol. The van der Waals surface area contributed by atoms with Crippen LogP contribution in [0.5, 0.6) is 17.2 Å². The summed E-state index contributed by atoms with van der Waals surface area (Å²) in [4.78, 5) is 4.13. The Morgan fingerprint density at radius 2 is 2.00 bits per heavy atom. The molecule has 0 saturated carbocycles. The van der Waals surface area contributed by atoms with Crippen molar-refractivity contribution < 1.29 is 14.6 Å². The molecule has 0 fully saturated rings. The number of para-hydroxylation sites is 1. The van der Waals surface area contributed by atoms with E-state index in [1.807, 2.05) is 55.3 Å². The molecule has 0 spiro atoms. The Kier molecular flexibility index (Phi) is 4.54. The molecule has 0 saturated heterocycles. The number of nitrogens with zero attached hydrogens (tertiary/aromatic N) is 3. The van der Waals surface area contributed by atoms with Gasteiger partial charge in [-0.05, 0) is 44.2 Å². The van der Waals surface area contributed by atoms with Gasteiger partial charge in [-0.1, -0.05) is 23.8 Å². The molecule has 6 heteroatoms. The molecule has 30 heavy (non-hydrogen) atoms. The number of phenolic OH excluding ortho intramolecular Hbond substituents is 1. The number of rotatable bonds is 4. The molecule has 0 bridgehead atoms. The standard InChI is InChI=1S/C24H23N3O3/c1-3-29-22-6-4-5-17-20-14-19(18-13-15(2)7-8-21(18)28)26-27(20)24(30-23(17)22)16-9-11-25-12-10-16/h4-13,20,24,28H,3,14H2,1-2H3/t20-,24-/m0/s1. The molecule has 1 N–H and O–H groups in total. The molecule has 2 aliphatic heterocycles. The smallest absolute Gasteiger partial charge is 0.214 e. The first-order valence-corrected chi connectivity index (χ1v) is 10.1. The summed E-state index contributed by atoms with van der Waals surface area (Å²) < 4.78 is 12.3. The van der Waals surface area contributed by atoms with Gasteiger partial charge in [-0.2, -0.15) is 5.10 Å². The van der Waals surface area contributed by atoms with Crippen LogP contribution < -0.4 is 9.47 Å². The van der Waals surface area contributed by atoms with Crippen molar-refractivity contribution in [1.29, 1.82) is 0 Å². The lowest BCUT2D eigenvalue weighted by Gasteiger charge is -2.38. The minimum atomic E-state index is -0.406. The second-order valence-corrected chi connectivity index (χ2v) is 7.53. The number of fused-ring (bicyclic) bond motifs is 3. The summed E-state index contributed by atoms with van der Waals surface area (Å²) >= 11 is 0. The van der Waals surface area contributed by atoms with E-state index < -0.39 is 6.23 Å². The summed E-state index contributed by atoms with van der Waals surface area (Å²) in [5, 5.41) is 17.4. The molecule has 2 aliphatic rings. The highest BCUT2D eigenvalue weighted by molar-refractivity contribution is 6.04. The average molecular weight is 401 g/mol. The number of hydrogen-bond donors (Lipinski definition) is 1. The quantitative estimate of drug-likeness (QED) is 0.684. The van der Waals surface area contributed by atoms with Crippen molar-refractivity contribution in [3.8, 4) is 17.2 Å². The Morgan fingerprint density at radius 1 is 1.17 bits per heavy atom. The number of ether oxygens (including phenoxy) is 2. The van der Waals surface area contributed by atoms with Gasteiger partial charge in [-0.25, -0.2) is 5.01 Å². The van der Waals surface area contributed by atoms with Crippen molar-refractivity contribution >= 4 is 5.71 Å². The van der Waals surface area contributed by atoms with Crippen LogP contribution in [0.3, 0.4) is 0 Å². The number of aromatic hydroxyl groups is 1. The van der Waals surface area contributed by atoms with Crippen molar-refractivity contribution in [2.24, 2.45) is 5.10 Å². The maximum absolute atomic E-state index is 10.5. The van der Waals surface area contributed by atoms with E-state index in [4.69, 9.17) is 14.6 Å². The number of phenols is 1. The molecule has 3 heterocycles. The molecule has 0 amide bonds. The summed E-state index contributed by atoms with van der Waals surface area (Å²) in [6.45, 7) is 4.54. The van der Waals surface area contributed by atoms with E-state index in [-0.39, 0.29) is 11.8 Å². The van der Waals surface area contributed by atoms with E-state index in [0.29, 0.717) is 13.0 Å². The van der Waals surface area contributed by atoms with Crippen LogP contribution >= 0.6 is 0 Å². The summed E-state index contributed by atoms with van der Waals surface area (Å²) in [6, 6.07) is 15.4. The van der Waals surface area contributed by atoms with Gasteiger partial charge in [0.15, 0.2) is 11.5 Å². The molecule has 0 radical (unpaired) electrons. The highest BCUT2D eigenvalue weighted by Gasteiger charge is 2.42. The molecule has 5 rings (SSSR count). The molecule has 0 aliphatic carbocycles. The number of aryl methyl sites for hydroxylation is 1. The number of hydrazone groups is 1. The third kappa shape index (κ3) is 3.05. The van der Waals surface area contributed by atoms with Gasteiger partial charge in [0.2, 0.25) is 6.23 Å². The minimum Gasteiger partial charge on any atom is -0.507 e. The lowest BCUT2D eigenvalue weighted by atomic mass is 9.95. The molecule has 152 valence electrons. The van der Waals surface area contributed by atoms with Crippen LogP contribution in [0.25, 0.3) is 0 Å². The maximum atomic E-state index is 10.5. The number of pyridine rings is 1. The summed E-state index contributed by atoms with van der Waals surface area (Å²) in [7, 11) is 0. The van der Waals surface area contributed by atoms with Crippen LogP contribution in [0.15, 0.2) is 66.0 Å². The molecule has 6 nitrogen and oxygen atoms in total. The lowest BCUT2D eigenvalue weighted by molar-refractivity contribution is -0.0212. The second-order valence-electron chi connectivity index (χ2n) is 7.53. The van der Waals surface area contributed by atoms with Gasteiger partial charge in [0.1, 0.15) is 5.75 Å². The second kappa shape index (κ2) is 7.37. The molecule has 0 unspecified atom stereocenters. The van der Waals surface area contributed by atoms with Gasteiger partial charge < -0.3 is 14.6 Å². The first-order chi connectivity index (χ1) is 14.7. The third-order valence-corrected chi connectivity index (χ3v) is 5.53. The molecule has 3 aromatic rings. The zero-order chi connectivity index (χ0) is 20.7. The predicted octanol–water partition coefficient (Wildman–Crippen LogP) is 4.74. The fourth-order valence-electron chi connectivity index (χ4n) is 4.14. The van der Waals surface area contributed by atoms with Crippen molar-refractivity contribution in [1.82, 2.24) is 9.99 Å². The molecule has 2 aromatic carbocycles. The lowest BCUT2D eigenvalue weighted by Crippen LogP contribution is -2.33. The van der Waals surface area contributed by atoms with Crippen LogP contribution in [0.1, 0.15) is 47.9 Å². The van der Waals surface area contributed by atoms with Gasteiger partial charge in [-0.15, -0.1) is 0 Å². The highest BCUT2D eigenvalue weighted by atomic mass is 16.5. The first kappa shape index (κ1) is 18.5. The van der Waals surface area contributed by atoms with Crippen LogP contribution in [0, 0.1) is 6.92 Å². The zero-order valence-electron chi connectivity index (χ0n) is 16.9. The van der Waals surface area contributed by atoms with E-state index in [9.17, 15) is 5.11 Å². The first-order valence-electron chi connectivity index (χ1n) is 10.1. The zero-order valence-corrected chi connectivity index (χ0v) is 16.9. The summed E-state index contributed by atoms with van der Waals surface area (Å²) in [6.07, 6.45) is 3.77. The van der Waals surface area contributed by atoms with Gasteiger partial charge in [0.25, 0.3) is 0 Å². The number of aromatic nitrogens is 1. The van der Waals surface area contributed by atoms with Crippen LogP contribution in [-0.4, -0.2) is 27.4 Å². The Hall–Kier alpha value is -3.54. The molecule has 2 atom stereocenters. The van der Waals surface area contributed by atoms with Crippen molar-refractivity contribution in [2.45, 2.75) is 32.5 Å². The van der Waals surface area contributed by atoms with Gasteiger partial charge in [0, 0.05) is 35.5 Å². The fraction of sp³-hybridized carbons (Fsp3) is 0.250. The Labute approximate surface area is 175 Å². The predicted molar refractivity (Wildman–Crippen MR) is 114 cm³/mol. The van der Waals surface area contributed by atoms with E-state index in [1.54, 1.807) is 18.5 Å². The Bertz CT molecular complexity index is 1110. The van der Waals surface area contributed by atoms with Crippen molar-refractivity contribution in [3.63, 3.8) is 0 Å². The van der Waals surface area contributed by atoms with Crippen LogP contribution in [0.2, 0.25) is 0 Å². The van der Waals surface area contributed by atoms with Crippen molar-refractivity contribution in [3.05, 3.63) is 83.2 Å².